The number of hydrogen-bond donors (Lipinski definition) is 3. The van der Waals surface area contributed by atoms with Crippen molar-refractivity contribution in [1.29, 1.82) is 0 Å². The van der Waals surface area contributed by atoms with Crippen LogP contribution in [-0.2, 0) is 0 Å². The van der Waals surface area contributed by atoms with Crippen molar-refractivity contribution in [3.63, 3.8) is 0 Å². The molecule has 0 fully saturated rings. The maximum absolute atomic E-state index is 12.1. The number of aromatic nitrogens is 1. The Labute approximate surface area is 152 Å². The Kier molecular flexibility index (Phi) is 5.27. The highest BCUT2D eigenvalue weighted by Gasteiger charge is 2.12. The lowest BCUT2D eigenvalue weighted by Gasteiger charge is -2.05. The molecule has 0 bridgehead atoms. The number of halogens is 1. The maximum Gasteiger partial charge on any atom is 0.325 e. The van der Waals surface area contributed by atoms with Gasteiger partial charge >= 0.3 is 6.03 Å². The van der Waals surface area contributed by atoms with Crippen LogP contribution in [0, 0.1) is 0 Å². The standard InChI is InChI=1S/C17H13ClN4O2S/c18-11-5-4-8-13(9-11)20-16(24)22-17-21-14(10-25-17)15(23)19-12-6-2-1-3-7-12/h1-10H,(H,19,23)(H2,20,21,22,24). The molecule has 1 aromatic heterocycles. The van der Waals surface area contributed by atoms with Gasteiger partial charge in [-0.15, -0.1) is 11.3 Å². The van der Waals surface area contributed by atoms with Gasteiger partial charge in [-0.2, -0.15) is 0 Å². The van der Waals surface area contributed by atoms with E-state index < -0.39 is 6.03 Å². The molecule has 0 radical (unpaired) electrons. The van der Waals surface area contributed by atoms with Gasteiger partial charge in [0.05, 0.1) is 0 Å². The zero-order chi connectivity index (χ0) is 17.6. The number of hydrogen-bond acceptors (Lipinski definition) is 4. The molecule has 3 amide bonds. The summed E-state index contributed by atoms with van der Waals surface area (Å²) in [5, 5.41) is 10.4. The average Bonchev–Trinajstić information content (AvgIpc) is 3.04. The lowest BCUT2D eigenvalue weighted by Crippen LogP contribution is -2.19. The minimum atomic E-state index is -0.466. The third-order valence-electron chi connectivity index (χ3n) is 3.07. The average molecular weight is 373 g/mol. The van der Waals surface area contributed by atoms with E-state index in [1.165, 1.54) is 0 Å². The van der Waals surface area contributed by atoms with Gasteiger partial charge in [-0.1, -0.05) is 35.9 Å². The van der Waals surface area contributed by atoms with Crippen molar-refractivity contribution < 1.29 is 9.59 Å². The Morgan fingerprint density at radius 1 is 0.920 bits per heavy atom. The number of thiazole rings is 1. The van der Waals surface area contributed by atoms with E-state index in [1.807, 2.05) is 18.2 Å². The van der Waals surface area contributed by atoms with Crippen LogP contribution in [0.1, 0.15) is 10.5 Å². The van der Waals surface area contributed by atoms with E-state index in [9.17, 15) is 9.59 Å². The second-order valence-electron chi connectivity index (χ2n) is 4.95. The highest BCUT2D eigenvalue weighted by atomic mass is 35.5. The largest absolute Gasteiger partial charge is 0.325 e. The Balaban J connectivity index is 1.59. The molecule has 0 unspecified atom stereocenters. The third-order valence-corrected chi connectivity index (χ3v) is 4.06. The Morgan fingerprint density at radius 2 is 1.68 bits per heavy atom. The van der Waals surface area contributed by atoms with E-state index >= 15 is 0 Å². The van der Waals surface area contributed by atoms with Crippen molar-refractivity contribution in [2.24, 2.45) is 0 Å². The van der Waals surface area contributed by atoms with Crippen molar-refractivity contribution in [3.8, 4) is 0 Å². The molecule has 0 aliphatic carbocycles. The molecule has 3 N–H and O–H groups in total. The predicted molar refractivity (Wildman–Crippen MR) is 101 cm³/mol. The Hall–Kier alpha value is -2.90. The summed E-state index contributed by atoms with van der Waals surface area (Å²) < 4.78 is 0. The lowest BCUT2D eigenvalue weighted by molar-refractivity contribution is 0.102. The van der Waals surface area contributed by atoms with Crippen LogP contribution in [0.25, 0.3) is 0 Å². The van der Waals surface area contributed by atoms with E-state index in [-0.39, 0.29) is 11.6 Å². The molecule has 8 heteroatoms. The first kappa shape index (κ1) is 16.9. The number of carbonyl (C=O) groups is 2. The van der Waals surface area contributed by atoms with Gasteiger partial charge in [-0.3, -0.25) is 10.1 Å². The van der Waals surface area contributed by atoms with Gasteiger partial charge < -0.3 is 10.6 Å². The van der Waals surface area contributed by atoms with Crippen molar-refractivity contribution in [2.45, 2.75) is 0 Å². The van der Waals surface area contributed by atoms with E-state index in [1.54, 1.807) is 41.8 Å². The first-order valence-electron chi connectivity index (χ1n) is 7.25. The third kappa shape index (κ3) is 4.79. The number of para-hydroxylation sites is 1. The van der Waals surface area contributed by atoms with E-state index in [0.29, 0.717) is 21.5 Å². The summed E-state index contributed by atoms with van der Waals surface area (Å²) in [6.07, 6.45) is 0. The predicted octanol–water partition coefficient (Wildman–Crippen LogP) is 4.69. The van der Waals surface area contributed by atoms with Crippen LogP contribution in [0.4, 0.5) is 21.3 Å². The molecule has 0 saturated heterocycles. The number of nitrogens with one attached hydrogen (secondary N) is 3. The summed E-state index contributed by atoms with van der Waals surface area (Å²) in [6.45, 7) is 0. The zero-order valence-electron chi connectivity index (χ0n) is 12.8. The van der Waals surface area contributed by atoms with Gasteiger partial charge in [0.15, 0.2) is 5.13 Å². The molecule has 2 aromatic carbocycles. The molecule has 6 nitrogen and oxygen atoms in total. The van der Waals surface area contributed by atoms with Gasteiger partial charge in [-0.25, -0.2) is 9.78 Å². The first-order valence-corrected chi connectivity index (χ1v) is 8.51. The van der Waals surface area contributed by atoms with Gasteiger partial charge in [0, 0.05) is 21.8 Å². The molecule has 0 aliphatic rings. The SMILES string of the molecule is O=C(Nc1cccc(Cl)c1)Nc1nc(C(=O)Nc2ccccc2)cs1. The molecule has 126 valence electrons. The number of urea groups is 1. The molecule has 0 aliphatic heterocycles. The maximum atomic E-state index is 12.1. The quantitative estimate of drug-likeness (QED) is 0.621. The molecule has 3 aromatic rings. The molecule has 25 heavy (non-hydrogen) atoms. The second-order valence-corrected chi connectivity index (χ2v) is 6.24. The highest BCUT2D eigenvalue weighted by molar-refractivity contribution is 7.14. The topological polar surface area (TPSA) is 83.1 Å². The van der Waals surface area contributed by atoms with Crippen LogP contribution in [0.3, 0.4) is 0 Å². The van der Waals surface area contributed by atoms with Crippen LogP contribution >= 0.6 is 22.9 Å². The zero-order valence-corrected chi connectivity index (χ0v) is 14.4. The van der Waals surface area contributed by atoms with Crippen molar-refractivity contribution in [2.75, 3.05) is 16.0 Å². The lowest BCUT2D eigenvalue weighted by atomic mass is 10.3. The van der Waals surface area contributed by atoms with Crippen LogP contribution in [0.2, 0.25) is 5.02 Å². The Morgan fingerprint density at radius 3 is 2.44 bits per heavy atom. The first-order chi connectivity index (χ1) is 12.1. The Bertz CT molecular complexity index is 898. The fraction of sp³-hybridized carbons (Fsp3) is 0. The number of anilines is 3. The van der Waals surface area contributed by atoms with Crippen molar-refractivity contribution in [3.05, 3.63) is 70.7 Å². The summed E-state index contributed by atoms with van der Waals surface area (Å²) in [5.74, 6) is -0.342. The second kappa shape index (κ2) is 7.78. The monoisotopic (exact) mass is 372 g/mol. The molecule has 1 heterocycles. The van der Waals surface area contributed by atoms with Gasteiger partial charge in [0.25, 0.3) is 5.91 Å². The molecule has 0 atom stereocenters. The number of nitrogens with zero attached hydrogens (tertiary/aromatic N) is 1. The number of benzene rings is 2. The van der Waals surface area contributed by atoms with Crippen molar-refractivity contribution >= 4 is 51.4 Å². The summed E-state index contributed by atoms with van der Waals surface area (Å²) in [4.78, 5) is 28.2. The smallest absolute Gasteiger partial charge is 0.321 e. The minimum absolute atomic E-state index is 0.229. The summed E-state index contributed by atoms with van der Waals surface area (Å²) in [7, 11) is 0. The summed E-state index contributed by atoms with van der Waals surface area (Å²) in [6, 6.07) is 15.4. The van der Waals surface area contributed by atoms with E-state index in [2.05, 4.69) is 20.9 Å². The number of amides is 3. The van der Waals surface area contributed by atoms with Crippen molar-refractivity contribution in [1.82, 2.24) is 4.98 Å². The molecular weight excluding hydrogens is 360 g/mol. The van der Waals surface area contributed by atoms with Gasteiger partial charge in [0.2, 0.25) is 0 Å². The summed E-state index contributed by atoms with van der Waals surface area (Å²) in [5.41, 5.74) is 1.46. The molecule has 3 rings (SSSR count). The van der Waals surface area contributed by atoms with Crippen LogP contribution in [0.5, 0.6) is 0 Å². The van der Waals surface area contributed by atoms with Crippen LogP contribution in [-0.4, -0.2) is 16.9 Å². The van der Waals surface area contributed by atoms with E-state index in [4.69, 9.17) is 11.6 Å². The molecule has 0 saturated carbocycles. The van der Waals surface area contributed by atoms with Gasteiger partial charge in [-0.05, 0) is 30.3 Å². The molecule has 0 spiro atoms. The number of carbonyl (C=O) groups excluding carboxylic acids is 2. The fourth-order valence-corrected chi connectivity index (χ4v) is 2.85. The molecular formula is C17H13ClN4O2S. The minimum Gasteiger partial charge on any atom is -0.321 e. The highest BCUT2D eigenvalue weighted by Crippen LogP contribution is 2.18. The summed E-state index contributed by atoms with van der Waals surface area (Å²) >= 11 is 7.03. The normalized spacial score (nSPS) is 10.1. The fourth-order valence-electron chi connectivity index (χ4n) is 1.98. The van der Waals surface area contributed by atoms with E-state index in [0.717, 1.165) is 11.3 Å². The van der Waals surface area contributed by atoms with Gasteiger partial charge in [0.1, 0.15) is 5.69 Å². The van der Waals surface area contributed by atoms with Crippen LogP contribution < -0.4 is 16.0 Å². The number of rotatable bonds is 4. The van der Waals surface area contributed by atoms with Crippen LogP contribution in [0.15, 0.2) is 60.0 Å².